The minimum absolute atomic E-state index is 0.109. The van der Waals surface area contributed by atoms with Gasteiger partial charge in [-0.25, -0.2) is 17.8 Å². The predicted molar refractivity (Wildman–Crippen MR) is 89.0 cm³/mol. The van der Waals surface area contributed by atoms with Gasteiger partial charge in [0.05, 0.1) is 23.5 Å². The summed E-state index contributed by atoms with van der Waals surface area (Å²) in [7, 11) is -3.27. The van der Waals surface area contributed by atoms with Crippen LogP contribution < -0.4 is 5.56 Å². The molecule has 1 fully saturated rings. The summed E-state index contributed by atoms with van der Waals surface area (Å²) in [6, 6.07) is 3.71. The van der Waals surface area contributed by atoms with Crippen LogP contribution in [0, 0.1) is 5.82 Å². The molecule has 2 heterocycles. The fraction of sp³-hybridized carbons (Fsp3) is 0.400. The Hall–Kier alpha value is -2.33. The lowest BCUT2D eigenvalue weighted by Crippen LogP contribution is -2.51. The van der Waals surface area contributed by atoms with Gasteiger partial charge >= 0.3 is 0 Å². The zero-order valence-corrected chi connectivity index (χ0v) is 14.4. The number of halogens is 1. The average Bonchev–Trinajstić information content (AvgIpc) is 2.57. The van der Waals surface area contributed by atoms with E-state index in [0.717, 1.165) is 16.9 Å². The van der Waals surface area contributed by atoms with Gasteiger partial charge in [0.25, 0.3) is 5.56 Å². The molecule has 25 heavy (non-hydrogen) atoms. The van der Waals surface area contributed by atoms with Crippen molar-refractivity contribution in [1.29, 1.82) is 0 Å². The van der Waals surface area contributed by atoms with Crippen molar-refractivity contribution >= 4 is 26.8 Å². The highest BCUT2D eigenvalue weighted by Gasteiger charge is 2.26. The summed E-state index contributed by atoms with van der Waals surface area (Å²) in [5.74, 6) is -0.861. The quantitative estimate of drug-likeness (QED) is 0.738. The van der Waals surface area contributed by atoms with Gasteiger partial charge in [0.2, 0.25) is 15.9 Å². The van der Waals surface area contributed by atoms with Gasteiger partial charge in [-0.05, 0) is 18.2 Å². The minimum Gasteiger partial charge on any atom is -0.338 e. The molecule has 0 radical (unpaired) electrons. The second kappa shape index (κ2) is 6.52. The Labute approximate surface area is 143 Å². The summed E-state index contributed by atoms with van der Waals surface area (Å²) < 4.78 is 38.7. The Bertz CT molecular complexity index is 981. The molecule has 0 aliphatic carbocycles. The van der Waals surface area contributed by atoms with Gasteiger partial charge in [0.15, 0.2) is 0 Å². The monoisotopic (exact) mass is 368 g/mol. The molecule has 1 amide bonds. The van der Waals surface area contributed by atoms with Crippen molar-refractivity contribution in [3.05, 3.63) is 40.7 Å². The van der Waals surface area contributed by atoms with Crippen LogP contribution in [0.4, 0.5) is 4.39 Å². The highest BCUT2D eigenvalue weighted by Crippen LogP contribution is 2.09. The van der Waals surface area contributed by atoms with Crippen molar-refractivity contribution in [2.45, 2.75) is 6.54 Å². The molecule has 3 rings (SSSR count). The predicted octanol–water partition coefficient (Wildman–Crippen LogP) is -0.361. The van der Waals surface area contributed by atoms with Gasteiger partial charge in [-0.1, -0.05) is 0 Å². The van der Waals surface area contributed by atoms with Gasteiger partial charge in [0, 0.05) is 26.2 Å². The molecular weight excluding hydrogens is 351 g/mol. The molecule has 1 aliphatic rings. The van der Waals surface area contributed by atoms with E-state index in [-0.39, 0.29) is 44.0 Å². The maximum Gasteiger partial charge on any atom is 0.261 e. The summed E-state index contributed by atoms with van der Waals surface area (Å²) in [6.07, 6.45) is 2.39. The van der Waals surface area contributed by atoms with Gasteiger partial charge in [0.1, 0.15) is 12.4 Å². The number of aromatic nitrogens is 2. The molecule has 8 nitrogen and oxygen atoms in total. The molecule has 10 heteroatoms. The van der Waals surface area contributed by atoms with Crippen LogP contribution >= 0.6 is 0 Å². The van der Waals surface area contributed by atoms with E-state index < -0.39 is 21.4 Å². The number of hydrogen-bond donors (Lipinski definition) is 0. The van der Waals surface area contributed by atoms with Gasteiger partial charge in [-0.15, -0.1) is 0 Å². The van der Waals surface area contributed by atoms with E-state index in [0.29, 0.717) is 5.52 Å². The van der Waals surface area contributed by atoms with E-state index in [1.54, 1.807) is 0 Å². The smallest absolute Gasteiger partial charge is 0.261 e. The fourth-order valence-corrected chi connectivity index (χ4v) is 3.59. The second-order valence-corrected chi connectivity index (χ2v) is 7.86. The first-order valence-corrected chi connectivity index (χ1v) is 9.48. The summed E-state index contributed by atoms with van der Waals surface area (Å²) >= 11 is 0. The van der Waals surface area contributed by atoms with Gasteiger partial charge < -0.3 is 4.90 Å². The van der Waals surface area contributed by atoms with Gasteiger partial charge in [-0.3, -0.25) is 14.2 Å². The van der Waals surface area contributed by atoms with Crippen molar-refractivity contribution < 1.29 is 17.6 Å². The standard InChI is InChI=1S/C15H17FN4O4S/c1-25(23,24)20-6-4-18(5-7-20)14(21)9-19-10-17-13-3-2-11(16)8-12(13)15(19)22/h2-3,8,10H,4-7,9H2,1H3. The summed E-state index contributed by atoms with van der Waals surface area (Å²) in [5.41, 5.74) is -0.135. The minimum atomic E-state index is -3.27. The molecule has 0 saturated carbocycles. The van der Waals surface area contributed by atoms with E-state index in [4.69, 9.17) is 0 Å². The summed E-state index contributed by atoms with van der Waals surface area (Å²) in [5, 5.41) is 0.109. The number of carbonyl (C=O) groups excluding carboxylic acids is 1. The fourth-order valence-electron chi connectivity index (χ4n) is 2.76. The topological polar surface area (TPSA) is 92.6 Å². The lowest BCUT2D eigenvalue weighted by atomic mass is 10.2. The maximum atomic E-state index is 13.3. The number of piperazine rings is 1. The average molecular weight is 368 g/mol. The van der Waals surface area contributed by atoms with Crippen LogP contribution in [0.25, 0.3) is 10.9 Å². The third-order valence-corrected chi connectivity index (χ3v) is 5.46. The molecule has 1 aliphatic heterocycles. The molecule has 1 saturated heterocycles. The first-order valence-electron chi connectivity index (χ1n) is 7.63. The van der Waals surface area contributed by atoms with Crippen LogP contribution in [0.3, 0.4) is 0 Å². The maximum absolute atomic E-state index is 13.3. The molecule has 1 aromatic carbocycles. The number of sulfonamides is 1. The highest BCUT2D eigenvalue weighted by molar-refractivity contribution is 7.88. The molecule has 0 atom stereocenters. The normalized spacial score (nSPS) is 16.3. The largest absolute Gasteiger partial charge is 0.338 e. The summed E-state index contributed by atoms with van der Waals surface area (Å²) in [6.45, 7) is 0.741. The van der Waals surface area contributed by atoms with Crippen molar-refractivity contribution in [3.63, 3.8) is 0 Å². The first-order chi connectivity index (χ1) is 11.8. The number of rotatable bonds is 3. The first kappa shape index (κ1) is 17.5. The van der Waals surface area contributed by atoms with E-state index in [1.807, 2.05) is 0 Å². The molecule has 2 aromatic rings. The number of amides is 1. The van der Waals surface area contributed by atoms with Crippen LogP contribution in [0.1, 0.15) is 0 Å². The number of hydrogen-bond acceptors (Lipinski definition) is 5. The lowest BCUT2D eigenvalue weighted by molar-refractivity contribution is -0.133. The lowest BCUT2D eigenvalue weighted by Gasteiger charge is -2.33. The van der Waals surface area contributed by atoms with Crippen molar-refractivity contribution in [3.8, 4) is 0 Å². The van der Waals surface area contributed by atoms with E-state index >= 15 is 0 Å². The number of fused-ring (bicyclic) bond motifs is 1. The zero-order chi connectivity index (χ0) is 18.2. The Morgan fingerprint density at radius 1 is 1.24 bits per heavy atom. The van der Waals surface area contributed by atoms with Crippen molar-refractivity contribution in [2.75, 3.05) is 32.4 Å². The molecular formula is C15H17FN4O4S. The molecule has 0 bridgehead atoms. The third kappa shape index (κ3) is 3.69. The van der Waals surface area contributed by atoms with Gasteiger partial charge in [-0.2, -0.15) is 4.31 Å². The van der Waals surface area contributed by atoms with Crippen molar-refractivity contribution in [1.82, 2.24) is 18.8 Å². The number of nitrogens with zero attached hydrogens (tertiary/aromatic N) is 4. The molecule has 0 unspecified atom stereocenters. The second-order valence-electron chi connectivity index (χ2n) is 5.88. The molecule has 0 N–H and O–H groups in total. The Morgan fingerprint density at radius 3 is 2.56 bits per heavy atom. The number of benzene rings is 1. The number of carbonyl (C=O) groups is 1. The van der Waals surface area contributed by atoms with E-state index in [1.165, 1.54) is 27.7 Å². The van der Waals surface area contributed by atoms with E-state index in [9.17, 15) is 22.4 Å². The SMILES string of the molecule is CS(=O)(=O)N1CCN(C(=O)Cn2cnc3ccc(F)cc3c2=O)CC1. The van der Waals surface area contributed by atoms with Crippen LogP contribution in [0.5, 0.6) is 0 Å². The Kier molecular flexibility index (Phi) is 4.56. The van der Waals surface area contributed by atoms with Crippen molar-refractivity contribution in [2.24, 2.45) is 0 Å². The third-order valence-electron chi connectivity index (χ3n) is 4.15. The highest BCUT2D eigenvalue weighted by atomic mass is 32.2. The summed E-state index contributed by atoms with van der Waals surface area (Å²) in [4.78, 5) is 30.3. The Balaban J connectivity index is 1.75. The van der Waals surface area contributed by atoms with Crippen LogP contribution in [-0.2, 0) is 21.4 Å². The van der Waals surface area contributed by atoms with Crippen LogP contribution in [0.15, 0.2) is 29.3 Å². The molecule has 1 aromatic heterocycles. The molecule has 134 valence electrons. The van der Waals surface area contributed by atoms with E-state index in [2.05, 4.69) is 4.98 Å². The van der Waals surface area contributed by atoms with Crippen LogP contribution in [0.2, 0.25) is 0 Å². The zero-order valence-electron chi connectivity index (χ0n) is 13.6. The molecule has 0 spiro atoms. The Morgan fingerprint density at radius 2 is 1.92 bits per heavy atom. The van der Waals surface area contributed by atoms with Crippen LogP contribution in [-0.4, -0.2) is 65.5 Å².